The van der Waals surface area contributed by atoms with E-state index in [1.807, 2.05) is 32.4 Å². The maximum Gasteiger partial charge on any atom is 0.227 e. The van der Waals surface area contributed by atoms with E-state index in [0.29, 0.717) is 0 Å². The van der Waals surface area contributed by atoms with E-state index in [4.69, 9.17) is 4.98 Å². The number of carbonyl (C=O) groups is 1. The summed E-state index contributed by atoms with van der Waals surface area (Å²) in [7, 11) is 3.68. The molecule has 2 atom stereocenters. The van der Waals surface area contributed by atoms with Crippen molar-refractivity contribution in [3.05, 3.63) is 53.9 Å². The van der Waals surface area contributed by atoms with Gasteiger partial charge in [-0.15, -0.1) is 0 Å². The van der Waals surface area contributed by atoms with Crippen LogP contribution in [0.3, 0.4) is 0 Å². The summed E-state index contributed by atoms with van der Waals surface area (Å²) in [5.41, 5.74) is 2.27. The first-order valence-corrected chi connectivity index (χ1v) is 10.2. The first-order valence-electron chi connectivity index (χ1n) is 10.2. The highest BCUT2D eigenvalue weighted by Crippen LogP contribution is 2.34. The number of anilines is 1. The maximum absolute atomic E-state index is 12.9. The molecule has 0 radical (unpaired) electrons. The van der Waals surface area contributed by atoms with E-state index in [1.54, 1.807) is 4.90 Å². The van der Waals surface area contributed by atoms with Gasteiger partial charge in [0.1, 0.15) is 0 Å². The Kier molecular flexibility index (Phi) is 5.57. The summed E-state index contributed by atoms with van der Waals surface area (Å²) in [6.07, 6.45) is 4.25. The highest BCUT2D eigenvalue weighted by Gasteiger charge is 2.40. The molecular formula is C22H29N5O. The molecule has 0 aliphatic carbocycles. The van der Waals surface area contributed by atoms with Gasteiger partial charge in [0.05, 0.1) is 11.6 Å². The predicted octanol–water partition coefficient (Wildman–Crippen LogP) is 2.38. The Hall–Kier alpha value is -2.47. The van der Waals surface area contributed by atoms with E-state index in [0.717, 1.165) is 44.4 Å². The van der Waals surface area contributed by atoms with E-state index in [1.165, 1.54) is 18.4 Å². The molecule has 2 saturated heterocycles. The van der Waals surface area contributed by atoms with Gasteiger partial charge in [0.2, 0.25) is 11.9 Å². The minimum atomic E-state index is -0.0694. The van der Waals surface area contributed by atoms with Crippen LogP contribution < -0.4 is 4.90 Å². The normalized spacial score (nSPS) is 22.6. The van der Waals surface area contributed by atoms with Gasteiger partial charge in [0.15, 0.2) is 0 Å². The van der Waals surface area contributed by atoms with Gasteiger partial charge in [-0.1, -0.05) is 30.3 Å². The Bertz CT molecular complexity index is 804. The Labute approximate surface area is 167 Å². The first kappa shape index (κ1) is 18.9. The number of nitrogens with zero attached hydrogens (tertiary/aromatic N) is 5. The van der Waals surface area contributed by atoms with Crippen LogP contribution in [0, 0.1) is 5.92 Å². The zero-order valence-corrected chi connectivity index (χ0v) is 16.8. The largest absolute Gasteiger partial charge is 0.349 e. The van der Waals surface area contributed by atoms with Gasteiger partial charge < -0.3 is 9.80 Å². The molecule has 1 amide bonds. The molecule has 0 bridgehead atoms. The Morgan fingerprint density at radius 3 is 2.57 bits per heavy atom. The van der Waals surface area contributed by atoms with Crippen LogP contribution in [-0.4, -0.2) is 65.9 Å². The molecule has 2 aliphatic rings. The second-order valence-corrected chi connectivity index (χ2v) is 8.10. The van der Waals surface area contributed by atoms with Crippen LogP contribution in [0.15, 0.2) is 42.6 Å². The van der Waals surface area contributed by atoms with Gasteiger partial charge in [-0.2, -0.15) is 0 Å². The number of carbonyl (C=O) groups excluding carboxylic acids is 1. The number of hydrogen-bond acceptors (Lipinski definition) is 5. The number of aromatic nitrogens is 2. The van der Waals surface area contributed by atoms with Crippen LogP contribution in [0.1, 0.15) is 30.0 Å². The number of likely N-dealkylation sites (tertiary alicyclic amines) is 1. The molecule has 148 valence electrons. The highest BCUT2D eigenvalue weighted by molar-refractivity contribution is 5.80. The smallest absolute Gasteiger partial charge is 0.227 e. The number of amides is 1. The zero-order chi connectivity index (χ0) is 19.5. The third-order valence-corrected chi connectivity index (χ3v) is 5.84. The van der Waals surface area contributed by atoms with E-state index in [-0.39, 0.29) is 17.7 Å². The van der Waals surface area contributed by atoms with Crippen LogP contribution in [0.5, 0.6) is 0 Å². The third-order valence-electron chi connectivity index (χ3n) is 5.84. The van der Waals surface area contributed by atoms with Crippen molar-refractivity contribution >= 4 is 11.9 Å². The molecule has 0 N–H and O–H groups in total. The Morgan fingerprint density at radius 2 is 1.86 bits per heavy atom. The standard InChI is InChI=1S/C22H29N5O/c1-25(2)21(28)19-16-26(14-17-8-4-3-5-9-17)15-18(19)20-10-11-23-22(24-20)27-12-6-7-13-27/h3-5,8-11,18-19H,6-7,12-16H2,1-2H3/t18-,19-/m1/s1. The van der Waals surface area contributed by atoms with E-state index >= 15 is 0 Å². The molecule has 2 aliphatic heterocycles. The lowest BCUT2D eigenvalue weighted by atomic mass is 9.91. The van der Waals surface area contributed by atoms with Crippen molar-refractivity contribution < 1.29 is 4.79 Å². The van der Waals surface area contributed by atoms with Crippen molar-refractivity contribution in [3.63, 3.8) is 0 Å². The summed E-state index contributed by atoms with van der Waals surface area (Å²) in [6, 6.07) is 12.5. The van der Waals surface area contributed by atoms with Gasteiger partial charge in [-0.3, -0.25) is 9.69 Å². The fourth-order valence-electron chi connectivity index (χ4n) is 4.38. The molecule has 0 unspecified atom stereocenters. The predicted molar refractivity (Wildman–Crippen MR) is 110 cm³/mol. The van der Waals surface area contributed by atoms with E-state index < -0.39 is 0 Å². The van der Waals surface area contributed by atoms with E-state index in [2.05, 4.69) is 39.0 Å². The number of rotatable bonds is 5. The van der Waals surface area contributed by atoms with Crippen LogP contribution in [0.4, 0.5) is 5.95 Å². The van der Waals surface area contributed by atoms with Crippen molar-refractivity contribution in [3.8, 4) is 0 Å². The summed E-state index contributed by atoms with van der Waals surface area (Å²) < 4.78 is 0. The highest BCUT2D eigenvalue weighted by atomic mass is 16.2. The monoisotopic (exact) mass is 379 g/mol. The second kappa shape index (κ2) is 8.27. The van der Waals surface area contributed by atoms with Crippen LogP contribution in [0.2, 0.25) is 0 Å². The quantitative estimate of drug-likeness (QED) is 0.798. The summed E-state index contributed by atoms with van der Waals surface area (Å²) in [5, 5.41) is 0. The molecule has 1 aromatic heterocycles. The lowest BCUT2D eigenvalue weighted by Gasteiger charge is -2.22. The average molecular weight is 380 g/mol. The molecular weight excluding hydrogens is 350 g/mol. The van der Waals surface area contributed by atoms with Gasteiger partial charge in [-0.05, 0) is 24.5 Å². The average Bonchev–Trinajstić information content (AvgIpc) is 3.38. The molecule has 1 aromatic carbocycles. The fourth-order valence-corrected chi connectivity index (χ4v) is 4.38. The van der Waals surface area contributed by atoms with Crippen LogP contribution in [0.25, 0.3) is 0 Å². The lowest BCUT2D eigenvalue weighted by Crippen LogP contribution is -2.34. The van der Waals surface area contributed by atoms with Gasteiger partial charge >= 0.3 is 0 Å². The molecule has 6 heteroatoms. The molecule has 4 rings (SSSR count). The van der Waals surface area contributed by atoms with Gasteiger partial charge in [0.25, 0.3) is 0 Å². The number of benzene rings is 1. The van der Waals surface area contributed by atoms with Crippen molar-refractivity contribution in [1.82, 2.24) is 19.8 Å². The topological polar surface area (TPSA) is 52.6 Å². The minimum absolute atomic E-state index is 0.0694. The van der Waals surface area contributed by atoms with Crippen LogP contribution in [-0.2, 0) is 11.3 Å². The first-order chi connectivity index (χ1) is 13.6. The Balaban J connectivity index is 1.57. The van der Waals surface area contributed by atoms with Gasteiger partial charge in [-0.25, -0.2) is 9.97 Å². The lowest BCUT2D eigenvalue weighted by molar-refractivity contribution is -0.133. The number of hydrogen-bond donors (Lipinski definition) is 0. The van der Waals surface area contributed by atoms with Crippen molar-refractivity contribution in [1.29, 1.82) is 0 Å². The molecule has 0 saturated carbocycles. The molecule has 28 heavy (non-hydrogen) atoms. The fraction of sp³-hybridized carbons (Fsp3) is 0.500. The molecule has 2 aromatic rings. The zero-order valence-electron chi connectivity index (χ0n) is 16.8. The van der Waals surface area contributed by atoms with Crippen molar-refractivity contribution in [2.75, 3.05) is 45.2 Å². The summed E-state index contributed by atoms with van der Waals surface area (Å²) in [5.74, 6) is 1.03. The molecule has 6 nitrogen and oxygen atoms in total. The third kappa shape index (κ3) is 4.02. The van der Waals surface area contributed by atoms with E-state index in [9.17, 15) is 4.79 Å². The Morgan fingerprint density at radius 1 is 1.11 bits per heavy atom. The van der Waals surface area contributed by atoms with Crippen molar-refractivity contribution in [2.45, 2.75) is 25.3 Å². The molecule has 3 heterocycles. The second-order valence-electron chi connectivity index (χ2n) is 8.10. The minimum Gasteiger partial charge on any atom is -0.349 e. The van der Waals surface area contributed by atoms with Gasteiger partial charge in [0, 0.05) is 58.9 Å². The maximum atomic E-state index is 12.9. The SMILES string of the molecule is CN(C)C(=O)[C@@H]1CN(Cc2ccccc2)C[C@H]1c1ccnc(N2CCCC2)n1. The van der Waals surface area contributed by atoms with Crippen LogP contribution >= 0.6 is 0 Å². The summed E-state index contributed by atoms with van der Waals surface area (Å²) >= 11 is 0. The van der Waals surface area contributed by atoms with Crippen molar-refractivity contribution in [2.24, 2.45) is 5.92 Å². The molecule has 0 spiro atoms. The summed E-state index contributed by atoms with van der Waals surface area (Å²) in [4.78, 5) is 28.6. The summed E-state index contributed by atoms with van der Waals surface area (Å²) in [6.45, 7) is 4.51. The molecule has 2 fully saturated rings.